The third kappa shape index (κ3) is 3.94. The van der Waals surface area contributed by atoms with Crippen molar-refractivity contribution in [1.82, 2.24) is 15.5 Å². The van der Waals surface area contributed by atoms with Gasteiger partial charge in [0.05, 0.1) is 0 Å². The van der Waals surface area contributed by atoms with Crippen molar-refractivity contribution >= 4 is 0 Å². The lowest BCUT2D eigenvalue weighted by Gasteiger charge is -2.37. The van der Waals surface area contributed by atoms with E-state index in [1.165, 1.54) is 45.2 Å². The van der Waals surface area contributed by atoms with Crippen LogP contribution in [0.3, 0.4) is 0 Å². The zero-order valence-corrected chi connectivity index (χ0v) is 11.7. The predicted octanol–water partition coefficient (Wildman–Crippen LogP) is 1.59. The van der Waals surface area contributed by atoms with Crippen molar-refractivity contribution in [2.24, 2.45) is 0 Å². The fraction of sp³-hybridized carbons (Fsp3) is 1.00. The number of hydrogen-bond donors (Lipinski definition) is 2. The van der Waals surface area contributed by atoms with E-state index in [-0.39, 0.29) is 0 Å². The largest absolute Gasteiger partial charge is 0.314 e. The molecule has 0 bridgehead atoms. The van der Waals surface area contributed by atoms with Crippen LogP contribution in [0.15, 0.2) is 0 Å². The molecule has 3 nitrogen and oxygen atoms in total. The molecule has 2 saturated heterocycles. The van der Waals surface area contributed by atoms with Gasteiger partial charge in [-0.05, 0) is 66.1 Å². The summed E-state index contributed by atoms with van der Waals surface area (Å²) in [5.74, 6) is 0. The molecule has 2 N–H and O–H groups in total. The molecule has 4 unspecified atom stereocenters. The maximum atomic E-state index is 3.83. The topological polar surface area (TPSA) is 27.3 Å². The minimum Gasteiger partial charge on any atom is -0.314 e. The number of piperidine rings is 1. The third-order valence-corrected chi connectivity index (χ3v) is 4.53. The predicted molar refractivity (Wildman–Crippen MR) is 73.4 cm³/mol. The molecule has 0 aromatic heterocycles. The Bertz CT molecular complexity index is 226. The highest BCUT2D eigenvalue weighted by molar-refractivity contribution is 4.85. The van der Waals surface area contributed by atoms with E-state index in [4.69, 9.17) is 0 Å². The highest BCUT2D eigenvalue weighted by Gasteiger charge is 2.24. The molecule has 0 radical (unpaired) electrons. The summed E-state index contributed by atoms with van der Waals surface area (Å²) in [4.78, 5) is 2.47. The summed E-state index contributed by atoms with van der Waals surface area (Å²) in [5, 5.41) is 7.42. The first kappa shape index (κ1) is 13.3. The maximum absolute atomic E-state index is 3.83. The molecule has 0 amide bonds. The minimum absolute atomic E-state index is 0.659. The molecule has 17 heavy (non-hydrogen) atoms. The lowest BCUT2D eigenvalue weighted by atomic mass is 9.97. The zero-order valence-electron chi connectivity index (χ0n) is 11.7. The van der Waals surface area contributed by atoms with Crippen molar-refractivity contribution in [3.63, 3.8) is 0 Å². The fourth-order valence-corrected chi connectivity index (χ4v) is 3.30. The lowest BCUT2D eigenvalue weighted by molar-refractivity contribution is 0.161. The standard InChI is InChI=1S/C14H29N3/c1-11(9-13-5-4-7-15-13)16-14-6-8-17(3)12(2)10-14/h11-16H,4-10H2,1-3H3. The second kappa shape index (κ2) is 6.17. The van der Waals surface area contributed by atoms with Crippen molar-refractivity contribution in [2.75, 3.05) is 20.1 Å². The molecule has 0 aliphatic carbocycles. The number of nitrogens with one attached hydrogen (secondary N) is 2. The summed E-state index contributed by atoms with van der Waals surface area (Å²) < 4.78 is 0. The van der Waals surface area contributed by atoms with Gasteiger partial charge in [0.15, 0.2) is 0 Å². The monoisotopic (exact) mass is 239 g/mol. The van der Waals surface area contributed by atoms with E-state index in [1.54, 1.807) is 0 Å². The van der Waals surface area contributed by atoms with Gasteiger partial charge in [0, 0.05) is 24.2 Å². The van der Waals surface area contributed by atoms with Gasteiger partial charge in [-0.2, -0.15) is 0 Å². The molecular formula is C14H29N3. The first-order chi connectivity index (χ1) is 8.15. The van der Waals surface area contributed by atoms with Crippen molar-refractivity contribution in [3.8, 4) is 0 Å². The van der Waals surface area contributed by atoms with E-state index in [0.29, 0.717) is 6.04 Å². The van der Waals surface area contributed by atoms with Gasteiger partial charge in [-0.25, -0.2) is 0 Å². The molecule has 2 rings (SSSR count). The second-order valence-electron chi connectivity index (χ2n) is 6.15. The molecule has 0 aromatic rings. The summed E-state index contributed by atoms with van der Waals surface area (Å²) in [6, 6.07) is 2.89. The van der Waals surface area contributed by atoms with Crippen LogP contribution >= 0.6 is 0 Å². The smallest absolute Gasteiger partial charge is 0.00965 e. The first-order valence-corrected chi connectivity index (χ1v) is 7.35. The molecule has 2 aliphatic rings. The molecule has 2 heterocycles. The van der Waals surface area contributed by atoms with Crippen LogP contribution in [-0.2, 0) is 0 Å². The SMILES string of the molecule is CC(CC1CCCN1)NC1CCN(C)C(C)C1. The van der Waals surface area contributed by atoms with Gasteiger partial charge >= 0.3 is 0 Å². The molecule has 2 aliphatic heterocycles. The molecule has 100 valence electrons. The van der Waals surface area contributed by atoms with Crippen LogP contribution in [-0.4, -0.2) is 49.2 Å². The summed E-state index contributed by atoms with van der Waals surface area (Å²) in [6.07, 6.45) is 6.64. The van der Waals surface area contributed by atoms with E-state index in [2.05, 4.69) is 36.4 Å². The minimum atomic E-state index is 0.659. The summed E-state index contributed by atoms with van der Waals surface area (Å²) in [7, 11) is 2.24. The Morgan fingerprint density at radius 2 is 2.24 bits per heavy atom. The van der Waals surface area contributed by atoms with E-state index >= 15 is 0 Å². The molecule has 3 heteroatoms. The van der Waals surface area contributed by atoms with Crippen molar-refractivity contribution in [3.05, 3.63) is 0 Å². The zero-order chi connectivity index (χ0) is 12.3. The van der Waals surface area contributed by atoms with E-state index in [0.717, 1.165) is 18.1 Å². The van der Waals surface area contributed by atoms with Crippen molar-refractivity contribution in [2.45, 2.75) is 70.1 Å². The molecule has 0 saturated carbocycles. The Kier molecular flexibility index (Phi) is 4.83. The van der Waals surface area contributed by atoms with Gasteiger partial charge in [0.25, 0.3) is 0 Å². The van der Waals surface area contributed by atoms with Crippen LogP contribution in [0.1, 0.15) is 46.0 Å². The molecule has 0 aromatic carbocycles. The Labute approximate surface area is 106 Å². The third-order valence-electron chi connectivity index (χ3n) is 4.53. The fourth-order valence-electron chi connectivity index (χ4n) is 3.30. The highest BCUT2D eigenvalue weighted by atomic mass is 15.1. The molecular weight excluding hydrogens is 210 g/mol. The van der Waals surface area contributed by atoms with Gasteiger partial charge < -0.3 is 15.5 Å². The lowest BCUT2D eigenvalue weighted by Crippen LogP contribution is -2.48. The van der Waals surface area contributed by atoms with E-state index in [9.17, 15) is 0 Å². The number of rotatable bonds is 4. The van der Waals surface area contributed by atoms with Crippen LogP contribution in [0.4, 0.5) is 0 Å². The highest BCUT2D eigenvalue weighted by Crippen LogP contribution is 2.17. The van der Waals surface area contributed by atoms with Crippen LogP contribution in [0.2, 0.25) is 0 Å². The summed E-state index contributed by atoms with van der Waals surface area (Å²) >= 11 is 0. The van der Waals surface area contributed by atoms with E-state index < -0.39 is 0 Å². The van der Waals surface area contributed by atoms with Crippen LogP contribution < -0.4 is 10.6 Å². The maximum Gasteiger partial charge on any atom is 0.00965 e. The Morgan fingerprint density at radius 3 is 2.88 bits per heavy atom. The molecule has 2 fully saturated rings. The Balaban J connectivity index is 1.69. The molecule has 0 spiro atoms. The van der Waals surface area contributed by atoms with E-state index in [1.807, 2.05) is 0 Å². The van der Waals surface area contributed by atoms with Crippen LogP contribution in [0.5, 0.6) is 0 Å². The van der Waals surface area contributed by atoms with Crippen LogP contribution in [0.25, 0.3) is 0 Å². The molecule has 4 atom stereocenters. The van der Waals surface area contributed by atoms with Gasteiger partial charge in [0.1, 0.15) is 0 Å². The summed E-state index contributed by atoms with van der Waals surface area (Å²) in [5.41, 5.74) is 0. The average Bonchev–Trinajstić information content (AvgIpc) is 2.76. The van der Waals surface area contributed by atoms with Crippen molar-refractivity contribution < 1.29 is 0 Å². The number of likely N-dealkylation sites (tertiary alicyclic amines) is 1. The first-order valence-electron chi connectivity index (χ1n) is 7.35. The van der Waals surface area contributed by atoms with Gasteiger partial charge in [0.2, 0.25) is 0 Å². The van der Waals surface area contributed by atoms with Crippen molar-refractivity contribution in [1.29, 1.82) is 0 Å². The number of nitrogens with zero attached hydrogens (tertiary/aromatic N) is 1. The second-order valence-corrected chi connectivity index (χ2v) is 6.15. The normalized spacial score (nSPS) is 37.2. The van der Waals surface area contributed by atoms with Gasteiger partial charge in [-0.1, -0.05) is 0 Å². The summed E-state index contributed by atoms with van der Waals surface area (Å²) in [6.45, 7) is 7.16. The average molecular weight is 239 g/mol. The van der Waals surface area contributed by atoms with Gasteiger partial charge in [-0.15, -0.1) is 0 Å². The Morgan fingerprint density at radius 1 is 1.41 bits per heavy atom. The number of hydrogen-bond acceptors (Lipinski definition) is 3. The Hall–Kier alpha value is -0.120. The van der Waals surface area contributed by atoms with Crippen LogP contribution in [0, 0.1) is 0 Å². The quantitative estimate of drug-likeness (QED) is 0.780. The van der Waals surface area contributed by atoms with Gasteiger partial charge in [-0.3, -0.25) is 0 Å².